The standard InChI is InChI=1S/C23H21ClN2O4S/c1-26(23(11-5-4-8-20(23)27)16-6-2-3-7-17(16)24)21(28)13-30-22(29)15-9-10-18-19(12-15)31-14-25-18/h2-3,6-7,9-10,12,14H,4-5,8,11,13H2,1H3/t23-/m1/s1. The summed E-state index contributed by atoms with van der Waals surface area (Å²) < 4.78 is 6.15. The van der Waals surface area contributed by atoms with Crippen LogP contribution in [-0.2, 0) is 19.9 Å². The fourth-order valence-corrected chi connectivity index (χ4v) is 5.14. The molecule has 1 atom stereocenters. The number of esters is 1. The topological polar surface area (TPSA) is 76.6 Å². The zero-order chi connectivity index (χ0) is 22.0. The number of hydrogen-bond acceptors (Lipinski definition) is 6. The van der Waals surface area contributed by atoms with E-state index < -0.39 is 24.0 Å². The summed E-state index contributed by atoms with van der Waals surface area (Å²) in [4.78, 5) is 44.2. The van der Waals surface area contributed by atoms with Crippen molar-refractivity contribution in [3.8, 4) is 0 Å². The van der Waals surface area contributed by atoms with Crippen LogP contribution in [0, 0.1) is 0 Å². The number of likely N-dealkylation sites (N-methyl/N-ethyl adjacent to an activating group) is 1. The quantitative estimate of drug-likeness (QED) is 0.524. The van der Waals surface area contributed by atoms with Crippen molar-refractivity contribution < 1.29 is 19.1 Å². The van der Waals surface area contributed by atoms with Crippen molar-refractivity contribution >= 4 is 50.8 Å². The van der Waals surface area contributed by atoms with Crippen LogP contribution in [0.3, 0.4) is 0 Å². The number of halogens is 1. The van der Waals surface area contributed by atoms with Crippen molar-refractivity contribution in [2.24, 2.45) is 0 Å². The van der Waals surface area contributed by atoms with Gasteiger partial charge in [0, 0.05) is 24.1 Å². The fraction of sp³-hybridized carbons (Fsp3) is 0.304. The smallest absolute Gasteiger partial charge is 0.338 e. The molecule has 1 aromatic heterocycles. The van der Waals surface area contributed by atoms with Crippen molar-refractivity contribution in [3.05, 3.63) is 64.1 Å². The molecule has 0 aliphatic heterocycles. The largest absolute Gasteiger partial charge is 0.452 e. The number of nitrogens with zero attached hydrogens (tertiary/aromatic N) is 2. The Morgan fingerprint density at radius 1 is 1.23 bits per heavy atom. The third-order valence-electron chi connectivity index (χ3n) is 5.81. The molecule has 1 aliphatic carbocycles. The number of carbonyl (C=O) groups is 3. The molecule has 0 N–H and O–H groups in total. The maximum atomic E-state index is 13.1. The van der Waals surface area contributed by atoms with Gasteiger partial charge in [0.25, 0.3) is 5.91 Å². The van der Waals surface area contributed by atoms with Crippen LogP contribution in [0.5, 0.6) is 0 Å². The Kier molecular flexibility index (Phi) is 6.07. The number of fused-ring (bicyclic) bond motifs is 1. The van der Waals surface area contributed by atoms with Crippen LogP contribution in [0.15, 0.2) is 48.0 Å². The van der Waals surface area contributed by atoms with Crippen molar-refractivity contribution in [1.29, 1.82) is 0 Å². The molecule has 160 valence electrons. The van der Waals surface area contributed by atoms with Crippen LogP contribution in [0.2, 0.25) is 5.02 Å². The predicted octanol–water partition coefficient (Wildman–Crippen LogP) is 4.60. The lowest BCUT2D eigenvalue weighted by Gasteiger charge is -2.43. The minimum atomic E-state index is -1.15. The summed E-state index contributed by atoms with van der Waals surface area (Å²) in [5.41, 5.74) is 2.31. The number of rotatable bonds is 5. The molecule has 3 aromatic rings. The van der Waals surface area contributed by atoms with E-state index in [9.17, 15) is 14.4 Å². The Morgan fingerprint density at radius 3 is 2.81 bits per heavy atom. The highest BCUT2D eigenvalue weighted by atomic mass is 35.5. The molecular formula is C23H21ClN2O4S. The van der Waals surface area contributed by atoms with E-state index in [-0.39, 0.29) is 5.78 Å². The zero-order valence-corrected chi connectivity index (χ0v) is 18.5. The molecule has 6 nitrogen and oxygen atoms in total. The van der Waals surface area contributed by atoms with Crippen molar-refractivity contribution in [2.75, 3.05) is 13.7 Å². The van der Waals surface area contributed by atoms with Gasteiger partial charge >= 0.3 is 5.97 Å². The summed E-state index contributed by atoms with van der Waals surface area (Å²) in [5, 5.41) is 0.437. The monoisotopic (exact) mass is 456 g/mol. The molecule has 0 saturated heterocycles. The van der Waals surface area contributed by atoms with Crippen LogP contribution < -0.4 is 0 Å². The van der Waals surface area contributed by atoms with Gasteiger partial charge in [-0.3, -0.25) is 9.59 Å². The molecule has 1 aliphatic rings. The molecule has 1 amide bonds. The molecule has 31 heavy (non-hydrogen) atoms. The summed E-state index contributed by atoms with van der Waals surface area (Å²) in [6.45, 7) is -0.463. The molecule has 0 unspecified atom stereocenters. The van der Waals surface area contributed by atoms with Crippen LogP contribution >= 0.6 is 22.9 Å². The minimum absolute atomic E-state index is 0.0512. The van der Waals surface area contributed by atoms with Crippen LogP contribution in [0.1, 0.15) is 41.6 Å². The first kappa shape index (κ1) is 21.5. The molecule has 1 fully saturated rings. The van der Waals surface area contributed by atoms with E-state index in [1.807, 2.05) is 0 Å². The molecule has 1 heterocycles. The van der Waals surface area contributed by atoms with Gasteiger partial charge < -0.3 is 9.64 Å². The zero-order valence-electron chi connectivity index (χ0n) is 17.0. The molecule has 1 saturated carbocycles. The number of benzene rings is 2. The summed E-state index contributed by atoms with van der Waals surface area (Å²) in [6, 6.07) is 12.1. The maximum Gasteiger partial charge on any atom is 0.338 e. The van der Waals surface area contributed by atoms with E-state index in [2.05, 4.69) is 4.98 Å². The fourth-order valence-electron chi connectivity index (χ4n) is 4.13. The number of hydrogen-bond donors (Lipinski definition) is 0. The van der Waals surface area contributed by atoms with Gasteiger partial charge in [-0.15, -0.1) is 11.3 Å². The Morgan fingerprint density at radius 2 is 2.03 bits per heavy atom. The Labute approximate surface area is 188 Å². The second kappa shape index (κ2) is 8.77. The highest BCUT2D eigenvalue weighted by molar-refractivity contribution is 7.16. The van der Waals surface area contributed by atoms with E-state index in [4.69, 9.17) is 16.3 Å². The van der Waals surface area contributed by atoms with Gasteiger partial charge in [-0.05, 0) is 43.5 Å². The summed E-state index contributed by atoms with van der Waals surface area (Å²) in [7, 11) is 1.58. The van der Waals surface area contributed by atoms with E-state index in [1.54, 1.807) is 55.0 Å². The van der Waals surface area contributed by atoms with E-state index in [0.717, 1.165) is 23.1 Å². The van der Waals surface area contributed by atoms with Gasteiger partial charge in [0.15, 0.2) is 12.4 Å². The minimum Gasteiger partial charge on any atom is -0.452 e. The SMILES string of the molecule is CN(C(=O)COC(=O)c1ccc2ncsc2c1)[C@@]1(c2ccccc2Cl)CCCCC1=O. The number of ketones is 1. The Bertz CT molecular complexity index is 1160. The normalized spacial score (nSPS) is 18.7. The van der Waals surface area contributed by atoms with Crippen molar-refractivity contribution in [2.45, 2.75) is 31.2 Å². The second-order valence-electron chi connectivity index (χ2n) is 7.53. The number of thiazole rings is 1. The Balaban J connectivity index is 1.54. The van der Waals surface area contributed by atoms with Gasteiger partial charge in [-0.1, -0.05) is 29.8 Å². The third-order valence-corrected chi connectivity index (χ3v) is 6.93. The molecule has 2 aromatic carbocycles. The molecule has 8 heteroatoms. The van der Waals surface area contributed by atoms with Crippen molar-refractivity contribution in [1.82, 2.24) is 9.88 Å². The highest BCUT2D eigenvalue weighted by Crippen LogP contribution is 2.42. The predicted molar refractivity (Wildman–Crippen MR) is 119 cm³/mol. The average Bonchev–Trinajstić information content (AvgIpc) is 3.25. The van der Waals surface area contributed by atoms with Crippen molar-refractivity contribution in [3.63, 3.8) is 0 Å². The van der Waals surface area contributed by atoms with Crippen LogP contribution in [-0.4, -0.2) is 41.2 Å². The highest BCUT2D eigenvalue weighted by Gasteiger charge is 2.48. The second-order valence-corrected chi connectivity index (χ2v) is 8.83. The number of ether oxygens (including phenoxy) is 1. The molecule has 0 spiro atoms. The average molecular weight is 457 g/mol. The maximum absolute atomic E-state index is 13.1. The van der Waals surface area contributed by atoms with E-state index in [1.165, 1.54) is 16.2 Å². The summed E-state index contributed by atoms with van der Waals surface area (Å²) >= 11 is 7.85. The van der Waals surface area contributed by atoms with Crippen LogP contribution in [0.4, 0.5) is 0 Å². The molecular weight excluding hydrogens is 436 g/mol. The third kappa shape index (κ3) is 3.95. The lowest BCUT2D eigenvalue weighted by Crippen LogP contribution is -2.55. The summed E-state index contributed by atoms with van der Waals surface area (Å²) in [6.07, 6.45) is 2.43. The molecule has 0 radical (unpaired) electrons. The first-order chi connectivity index (χ1) is 14.9. The Hall–Kier alpha value is -2.77. The van der Waals surface area contributed by atoms with Crippen LogP contribution in [0.25, 0.3) is 10.2 Å². The lowest BCUT2D eigenvalue weighted by atomic mass is 9.74. The summed E-state index contributed by atoms with van der Waals surface area (Å²) in [5.74, 6) is -1.11. The number of Topliss-reactive ketones (excluding diaryl/α,β-unsaturated/α-hetero) is 1. The van der Waals surface area contributed by atoms with Gasteiger partial charge in [0.05, 0.1) is 21.3 Å². The first-order valence-electron chi connectivity index (χ1n) is 9.99. The first-order valence-corrected chi connectivity index (χ1v) is 11.2. The van der Waals surface area contributed by atoms with E-state index in [0.29, 0.717) is 29.0 Å². The lowest BCUT2D eigenvalue weighted by molar-refractivity contribution is -0.150. The van der Waals surface area contributed by atoms with E-state index >= 15 is 0 Å². The van der Waals surface area contributed by atoms with Gasteiger partial charge in [0.2, 0.25) is 0 Å². The van der Waals surface area contributed by atoms with Gasteiger partial charge in [0.1, 0.15) is 5.54 Å². The number of amides is 1. The van der Waals surface area contributed by atoms with Gasteiger partial charge in [-0.25, -0.2) is 9.78 Å². The number of aromatic nitrogens is 1. The molecule has 0 bridgehead atoms. The number of carbonyl (C=O) groups excluding carboxylic acids is 3. The van der Waals surface area contributed by atoms with Gasteiger partial charge in [-0.2, -0.15) is 0 Å². The molecule has 4 rings (SSSR count).